The van der Waals surface area contributed by atoms with Crippen LogP contribution in [0.2, 0.25) is 5.02 Å². The Labute approximate surface area is 168 Å². The summed E-state index contributed by atoms with van der Waals surface area (Å²) in [4.78, 5) is 15.9. The van der Waals surface area contributed by atoms with Crippen LogP contribution in [0.4, 0.5) is 14.9 Å². The molecular formula is C21H22ClFN2OS. The van der Waals surface area contributed by atoms with E-state index >= 15 is 0 Å². The third-order valence-corrected chi connectivity index (χ3v) is 6.76. The highest BCUT2D eigenvalue weighted by molar-refractivity contribution is 7.97. The number of amides is 2. The van der Waals surface area contributed by atoms with Gasteiger partial charge in [0.05, 0.1) is 17.1 Å². The van der Waals surface area contributed by atoms with E-state index in [9.17, 15) is 9.18 Å². The minimum absolute atomic E-state index is 0.0939. The molecule has 0 saturated heterocycles. The standard InChI is InChI=1S/C21H22ClFN2OS/c22-17-9-6-10-18(23)16(17)14-24-19-11-4-5-12-20(19)27-25(21(24)26)13-15-7-2-1-3-8-15/h4-6,9-12,15H,1-3,7-8,13-14H2. The molecule has 27 heavy (non-hydrogen) atoms. The predicted molar refractivity (Wildman–Crippen MR) is 109 cm³/mol. The van der Waals surface area contributed by atoms with Crippen molar-refractivity contribution in [2.75, 3.05) is 11.4 Å². The van der Waals surface area contributed by atoms with E-state index in [4.69, 9.17) is 11.6 Å². The maximum absolute atomic E-state index is 14.3. The van der Waals surface area contributed by atoms with E-state index < -0.39 is 0 Å². The summed E-state index contributed by atoms with van der Waals surface area (Å²) in [6.07, 6.45) is 6.11. The molecule has 0 unspecified atom stereocenters. The lowest BCUT2D eigenvalue weighted by molar-refractivity contribution is 0.220. The lowest BCUT2D eigenvalue weighted by atomic mass is 9.89. The predicted octanol–water partition coefficient (Wildman–Crippen LogP) is 6.51. The Hall–Kier alpha value is -1.72. The molecule has 0 bridgehead atoms. The quantitative estimate of drug-likeness (QED) is 0.542. The minimum atomic E-state index is -0.384. The van der Waals surface area contributed by atoms with Gasteiger partial charge in [0.25, 0.3) is 0 Å². The summed E-state index contributed by atoms with van der Waals surface area (Å²) >= 11 is 7.72. The van der Waals surface area contributed by atoms with Crippen molar-refractivity contribution in [2.24, 2.45) is 5.92 Å². The Bertz CT molecular complexity index is 820. The van der Waals surface area contributed by atoms with Crippen LogP contribution in [0.15, 0.2) is 47.4 Å². The SMILES string of the molecule is O=C1N(CC2CCCCC2)Sc2ccccc2N1Cc1c(F)cccc1Cl. The second kappa shape index (κ2) is 8.11. The average molecular weight is 405 g/mol. The molecule has 1 aliphatic carbocycles. The summed E-state index contributed by atoms with van der Waals surface area (Å²) in [6, 6.07) is 12.3. The summed E-state index contributed by atoms with van der Waals surface area (Å²) in [5.41, 5.74) is 1.17. The molecule has 142 valence electrons. The molecule has 1 fully saturated rings. The number of para-hydroxylation sites is 1. The largest absolute Gasteiger partial charge is 0.335 e. The maximum Gasteiger partial charge on any atom is 0.335 e. The van der Waals surface area contributed by atoms with Crippen LogP contribution >= 0.6 is 23.5 Å². The van der Waals surface area contributed by atoms with Crippen molar-refractivity contribution >= 4 is 35.3 Å². The minimum Gasteiger partial charge on any atom is -0.288 e. The lowest BCUT2D eigenvalue weighted by Gasteiger charge is -2.38. The number of benzene rings is 2. The molecule has 0 N–H and O–H groups in total. The van der Waals surface area contributed by atoms with Gasteiger partial charge in [-0.3, -0.25) is 9.21 Å². The monoisotopic (exact) mass is 404 g/mol. The van der Waals surface area contributed by atoms with Crippen molar-refractivity contribution in [2.45, 2.75) is 43.5 Å². The van der Waals surface area contributed by atoms with Crippen LogP contribution in [0.3, 0.4) is 0 Å². The molecule has 1 saturated carbocycles. The second-order valence-electron chi connectivity index (χ2n) is 7.19. The number of rotatable bonds is 4. The number of urea groups is 1. The van der Waals surface area contributed by atoms with Gasteiger partial charge in [0.2, 0.25) is 0 Å². The van der Waals surface area contributed by atoms with E-state index in [1.165, 1.54) is 50.1 Å². The van der Waals surface area contributed by atoms with Crippen LogP contribution < -0.4 is 4.90 Å². The van der Waals surface area contributed by atoms with E-state index in [0.29, 0.717) is 16.5 Å². The molecule has 0 atom stereocenters. The zero-order valence-corrected chi connectivity index (χ0v) is 16.6. The number of carbonyl (C=O) groups is 1. The van der Waals surface area contributed by atoms with Gasteiger partial charge in [-0.2, -0.15) is 0 Å². The lowest BCUT2D eigenvalue weighted by Crippen LogP contribution is -2.44. The molecule has 2 aromatic rings. The molecule has 1 heterocycles. The van der Waals surface area contributed by atoms with Crippen molar-refractivity contribution in [1.29, 1.82) is 0 Å². The van der Waals surface area contributed by atoms with E-state index in [2.05, 4.69) is 0 Å². The number of nitrogens with zero attached hydrogens (tertiary/aromatic N) is 2. The molecule has 2 aliphatic rings. The Morgan fingerprint density at radius 1 is 1.07 bits per heavy atom. The van der Waals surface area contributed by atoms with E-state index in [-0.39, 0.29) is 18.4 Å². The maximum atomic E-state index is 14.3. The first-order valence-electron chi connectivity index (χ1n) is 9.42. The molecular weight excluding hydrogens is 383 g/mol. The van der Waals surface area contributed by atoms with E-state index in [0.717, 1.165) is 17.1 Å². The Morgan fingerprint density at radius 3 is 2.63 bits per heavy atom. The summed E-state index contributed by atoms with van der Waals surface area (Å²) in [5, 5.41) is 0.345. The first-order valence-corrected chi connectivity index (χ1v) is 10.6. The third-order valence-electron chi connectivity index (χ3n) is 5.34. The van der Waals surface area contributed by atoms with Crippen molar-refractivity contribution in [3.8, 4) is 0 Å². The van der Waals surface area contributed by atoms with E-state index in [1.807, 2.05) is 28.6 Å². The zero-order valence-electron chi connectivity index (χ0n) is 15.0. The van der Waals surface area contributed by atoms with E-state index in [1.54, 1.807) is 17.0 Å². The highest BCUT2D eigenvalue weighted by atomic mass is 35.5. The van der Waals surface area contributed by atoms with Gasteiger partial charge in [0.15, 0.2) is 0 Å². The fourth-order valence-electron chi connectivity index (χ4n) is 3.87. The number of carbonyl (C=O) groups excluding carboxylic acids is 1. The molecule has 0 radical (unpaired) electrons. The van der Waals surface area contributed by atoms with Crippen LogP contribution in [0.25, 0.3) is 0 Å². The number of hydrogen-bond acceptors (Lipinski definition) is 2. The third kappa shape index (κ3) is 3.94. The van der Waals surface area contributed by atoms with Crippen molar-refractivity contribution in [3.05, 3.63) is 58.9 Å². The van der Waals surface area contributed by atoms with Gasteiger partial charge in [-0.05, 0) is 55.0 Å². The number of anilines is 1. The van der Waals surface area contributed by atoms with Crippen LogP contribution in [0.1, 0.15) is 37.7 Å². The summed E-state index contributed by atoms with van der Waals surface area (Å²) < 4.78 is 16.2. The van der Waals surface area contributed by atoms with Crippen LogP contribution in [0.5, 0.6) is 0 Å². The molecule has 0 spiro atoms. The smallest absolute Gasteiger partial charge is 0.288 e. The van der Waals surface area contributed by atoms with Gasteiger partial charge < -0.3 is 0 Å². The molecule has 2 amide bonds. The fourth-order valence-corrected chi connectivity index (χ4v) is 5.20. The number of fused-ring (bicyclic) bond motifs is 1. The van der Waals surface area contributed by atoms with Gasteiger partial charge >= 0.3 is 6.03 Å². The molecule has 1 aliphatic heterocycles. The Kier molecular flexibility index (Phi) is 5.60. The number of halogens is 2. The van der Waals surface area contributed by atoms with Gasteiger partial charge in [-0.1, -0.05) is 49.1 Å². The van der Waals surface area contributed by atoms with Gasteiger partial charge in [-0.25, -0.2) is 9.18 Å². The highest BCUT2D eigenvalue weighted by Crippen LogP contribution is 2.41. The average Bonchev–Trinajstić information content (AvgIpc) is 2.68. The van der Waals surface area contributed by atoms with Crippen molar-refractivity contribution in [3.63, 3.8) is 0 Å². The van der Waals surface area contributed by atoms with Crippen molar-refractivity contribution < 1.29 is 9.18 Å². The summed E-state index contributed by atoms with van der Waals surface area (Å²) in [7, 11) is 0. The molecule has 4 rings (SSSR count). The first kappa shape index (κ1) is 18.6. The van der Waals surface area contributed by atoms with Crippen LogP contribution in [-0.4, -0.2) is 16.9 Å². The summed E-state index contributed by atoms with van der Waals surface area (Å²) in [6.45, 7) is 0.864. The van der Waals surface area contributed by atoms with Crippen LogP contribution in [-0.2, 0) is 6.54 Å². The molecule has 0 aromatic heterocycles. The molecule has 2 aromatic carbocycles. The Balaban J connectivity index is 1.63. The highest BCUT2D eigenvalue weighted by Gasteiger charge is 2.33. The van der Waals surface area contributed by atoms with Gasteiger partial charge in [0.1, 0.15) is 5.82 Å². The van der Waals surface area contributed by atoms with Crippen LogP contribution in [0, 0.1) is 11.7 Å². The van der Waals surface area contributed by atoms with Crippen molar-refractivity contribution in [1.82, 2.24) is 4.31 Å². The molecule has 6 heteroatoms. The fraction of sp³-hybridized carbons (Fsp3) is 0.381. The Morgan fingerprint density at radius 2 is 1.85 bits per heavy atom. The van der Waals surface area contributed by atoms with Gasteiger partial charge in [0, 0.05) is 17.1 Å². The molecule has 3 nitrogen and oxygen atoms in total. The van der Waals surface area contributed by atoms with Gasteiger partial charge in [-0.15, -0.1) is 0 Å². The summed E-state index contributed by atoms with van der Waals surface area (Å²) in [5.74, 6) is 0.157. The normalized spacial score (nSPS) is 17.9. The first-order chi connectivity index (χ1) is 13.1. The topological polar surface area (TPSA) is 23.6 Å². The second-order valence-corrected chi connectivity index (χ2v) is 8.66. The zero-order chi connectivity index (χ0) is 18.8. The number of hydrogen-bond donors (Lipinski definition) is 0.